The molecule has 0 radical (unpaired) electrons. The topological polar surface area (TPSA) is 52.7 Å². The SMILES string of the molecule is O=C1N2CCCCCN2C(=O)C12CCCNC2. The fourth-order valence-corrected chi connectivity index (χ4v) is 3.22. The van der Waals surface area contributed by atoms with Gasteiger partial charge in [0.2, 0.25) is 0 Å². The molecule has 0 unspecified atom stereocenters. The van der Waals surface area contributed by atoms with Gasteiger partial charge in [0.15, 0.2) is 0 Å². The zero-order valence-corrected chi connectivity index (χ0v) is 10.1. The molecule has 0 saturated carbocycles. The molecule has 3 heterocycles. The van der Waals surface area contributed by atoms with Crippen molar-refractivity contribution in [3.05, 3.63) is 0 Å². The van der Waals surface area contributed by atoms with E-state index in [4.69, 9.17) is 0 Å². The van der Waals surface area contributed by atoms with Gasteiger partial charge in [-0.3, -0.25) is 19.6 Å². The van der Waals surface area contributed by atoms with E-state index in [-0.39, 0.29) is 11.8 Å². The van der Waals surface area contributed by atoms with Crippen molar-refractivity contribution in [2.24, 2.45) is 5.41 Å². The Morgan fingerprint density at radius 3 is 2.12 bits per heavy atom. The maximum atomic E-state index is 12.5. The van der Waals surface area contributed by atoms with Crippen LogP contribution in [0.4, 0.5) is 0 Å². The van der Waals surface area contributed by atoms with E-state index >= 15 is 0 Å². The number of piperidine rings is 1. The normalized spacial score (nSPS) is 28.5. The van der Waals surface area contributed by atoms with E-state index in [1.165, 1.54) is 0 Å². The van der Waals surface area contributed by atoms with Gasteiger partial charge in [0.25, 0.3) is 11.8 Å². The summed E-state index contributed by atoms with van der Waals surface area (Å²) in [6.07, 6.45) is 4.76. The molecule has 2 amide bonds. The second-order valence-corrected chi connectivity index (χ2v) is 5.28. The lowest BCUT2D eigenvalue weighted by Crippen LogP contribution is -2.49. The first-order chi connectivity index (χ1) is 8.26. The first-order valence-electron chi connectivity index (χ1n) is 6.60. The lowest BCUT2D eigenvalue weighted by Gasteiger charge is -2.28. The highest BCUT2D eigenvalue weighted by Crippen LogP contribution is 2.38. The number of fused-ring (bicyclic) bond motifs is 1. The summed E-state index contributed by atoms with van der Waals surface area (Å²) in [5, 5.41) is 6.63. The van der Waals surface area contributed by atoms with Gasteiger partial charge in [-0.2, -0.15) is 0 Å². The molecule has 0 aliphatic carbocycles. The quantitative estimate of drug-likeness (QED) is 0.609. The van der Waals surface area contributed by atoms with Crippen LogP contribution in [0.1, 0.15) is 32.1 Å². The van der Waals surface area contributed by atoms with Crippen LogP contribution in [0.25, 0.3) is 0 Å². The van der Waals surface area contributed by atoms with E-state index < -0.39 is 5.41 Å². The molecule has 94 valence electrons. The third-order valence-electron chi connectivity index (χ3n) is 4.20. The molecule has 1 N–H and O–H groups in total. The Kier molecular flexibility index (Phi) is 2.58. The number of hydrogen-bond donors (Lipinski definition) is 1. The average Bonchev–Trinajstić information content (AvgIpc) is 2.59. The average molecular weight is 237 g/mol. The molecule has 0 aromatic rings. The van der Waals surface area contributed by atoms with Crippen LogP contribution in [0.3, 0.4) is 0 Å². The molecule has 5 nitrogen and oxygen atoms in total. The molecule has 3 aliphatic heterocycles. The van der Waals surface area contributed by atoms with Gasteiger partial charge in [0.1, 0.15) is 5.41 Å². The second kappa shape index (κ2) is 3.98. The fraction of sp³-hybridized carbons (Fsp3) is 0.833. The van der Waals surface area contributed by atoms with E-state index in [1.54, 1.807) is 10.0 Å². The predicted octanol–water partition coefficient (Wildman–Crippen LogP) is 0.126. The van der Waals surface area contributed by atoms with Crippen LogP contribution in [-0.2, 0) is 9.59 Å². The molecule has 0 aromatic carbocycles. The largest absolute Gasteiger partial charge is 0.315 e. The number of hydrogen-bond acceptors (Lipinski definition) is 3. The predicted molar refractivity (Wildman–Crippen MR) is 61.8 cm³/mol. The van der Waals surface area contributed by atoms with E-state index in [2.05, 4.69) is 5.32 Å². The molecule has 0 atom stereocenters. The zero-order chi connectivity index (χ0) is 11.9. The molecular weight excluding hydrogens is 218 g/mol. The van der Waals surface area contributed by atoms with Crippen molar-refractivity contribution >= 4 is 11.8 Å². The highest BCUT2D eigenvalue weighted by atomic mass is 16.2. The molecule has 17 heavy (non-hydrogen) atoms. The summed E-state index contributed by atoms with van der Waals surface area (Å²) < 4.78 is 0. The smallest absolute Gasteiger partial charge is 0.258 e. The molecule has 3 fully saturated rings. The standard InChI is InChI=1S/C12H19N3O2/c16-10-12(5-4-6-13-9-12)11(17)15-8-3-1-2-7-14(10)15/h13H,1-9H2. The van der Waals surface area contributed by atoms with Crippen LogP contribution in [0, 0.1) is 5.41 Å². The molecule has 3 rings (SSSR count). The molecule has 0 bridgehead atoms. The summed E-state index contributed by atoms with van der Waals surface area (Å²) in [5.74, 6) is 0.0770. The molecule has 3 aliphatic rings. The van der Waals surface area contributed by atoms with Crippen LogP contribution in [0.15, 0.2) is 0 Å². The monoisotopic (exact) mass is 237 g/mol. The van der Waals surface area contributed by atoms with E-state index in [0.717, 1.165) is 32.2 Å². The van der Waals surface area contributed by atoms with Crippen molar-refractivity contribution in [1.82, 2.24) is 15.3 Å². The van der Waals surface area contributed by atoms with E-state index in [0.29, 0.717) is 26.1 Å². The number of carbonyl (C=O) groups is 2. The minimum Gasteiger partial charge on any atom is -0.315 e. The summed E-state index contributed by atoms with van der Waals surface area (Å²) in [6, 6.07) is 0. The molecule has 0 aromatic heterocycles. The number of hydrazine groups is 1. The maximum Gasteiger partial charge on any atom is 0.258 e. The Balaban J connectivity index is 1.92. The number of carbonyl (C=O) groups excluding carboxylic acids is 2. The molecular formula is C12H19N3O2. The second-order valence-electron chi connectivity index (χ2n) is 5.28. The Morgan fingerprint density at radius 2 is 1.59 bits per heavy atom. The summed E-state index contributed by atoms with van der Waals surface area (Å²) >= 11 is 0. The van der Waals surface area contributed by atoms with Gasteiger partial charge >= 0.3 is 0 Å². The van der Waals surface area contributed by atoms with E-state index in [1.807, 2.05) is 0 Å². The van der Waals surface area contributed by atoms with Crippen LogP contribution >= 0.6 is 0 Å². The van der Waals surface area contributed by atoms with Crippen LogP contribution in [-0.4, -0.2) is 48.0 Å². The van der Waals surface area contributed by atoms with Crippen molar-refractivity contribution in [3.8, 4) is 0 Å². The number of rotatable bonds is 0. The van der Waals surface area contributed by atoms with Gasteiger partial charge in [-0.1, -0.05) is 0 Å². The molecule has 3 saturated heterocycles. The van der Waals surface area contributed by atoms with Crippen molar-refractivity contribution in [2.75, 3.05) is 26.2 Å². The zero-order valence-electron chi connectivity index (χ0n) is 10.1. The Morgan fingerprint density at radius 1 is 0.941 bits per heavy atom. The number of nitrogens with zero attached hydrogens (tertiary/aromatic N) is 2. The van der Waals surface area contributed by atoms with Gasteiger partial charge in [0.05, 0.1) is 0 Å². The van der Waals surface area contributed by atoms with Crippen LogP contribution in [0.2, 0.25) is 0 Å². The number of amides is 2. The van der Waals surface area contributed by atoms with Crippen molar-refractivity contribution in [1.29, 1.82) is 0 Å². The number of nitrogens with one attached hydrogen (secondary N) is 1. The summed E-state index contributed by atoms with van der Waals surface area (Å²) in [7, 11) is 0. The summed E-state index contributed by atoms with van der Waals surface area (Å²) in [6.45, 7) is 2.87. The van der Waals surface area contributed by atoms with Gasteiger partial charge in [-0.25, -0.2) is 0 Å². The van der Waals surface area contributed by atoms with Crippen LogP contribution < -0.4 is 5.32 Å². The van der Waals surface area contributed by atoms with Gasteiger partial charge in [-0.15, -0.1) is 0 Å². The lowest BCUT2D eigenvalue weighted by atomic mass is 9.80. The lowest BCUT2D eigenvalue weighted by molar-refractivity contribution is -0.145. The first kappa shape index (κ1) is 11.0. The molecule has 5 heteroatoms. The maximum absolute atomic E-state index is 12.5. The summed E-state index contributed by atoms with van der Waals surface area (Å²) in [4.78, 5) is 25.0. The van der Waals surface area contributed by atoms with Gasteiger partial charge < -0.3 is 5.32 Å². The highest BCUT2D eigenvalue weighted by Gasteiger charge is 2.58. The van der Waals surface area contributed by atoms with Crippen LogP contribution in [0.5, 0.6) is 0 Å². The van der Waals surface area contributed by atoms with Crippen molar-refractivity contribution in [3.63, 3.8) is 0 Å². The molecule has 1 spiro atoms. The van der Waals surface area contributed by atoms with Crippen molar-refractivity contribution in [2.45, 2.75) is 32.1 Å². The fourth-order valence-electron chi connectivity index (χ4n) is 3.22. The Hall–Kier alpha value is -1.10. The summed E-state index contributed by atoms with van der Waals surface area (Å²) in [5.41, 5.74) is -0.768. The van der Waals surface area contributed by atoms with Gasteiger partial charge in [-0.05, 0) is 38.6 Å². The highest BCUT2D eigenvalue weighted by molar-refractivity contribution is 6.10. The Labute approximate surface area is 101 Å². The van der Waals surface area contributed by atoms with Crippen molar-refractivity contribution < 1.29 is 9.59 Å². The third-order valence-corrected chi connectivity index (χ3v) is 4.20. The van der Waals surface area contributed by atoms with Gasteiger partial charge in [0, 0.05) is 19.6 Å². The third kappa shape index (κ3) is 1.48. The Bertz CT molecular complexity index is 324. The van der Waals surface area contributed by atoms with E-state index in [9.17, 15) is 9.59 Å². The minimum atomic E-state index is -0.768. The first-order valence-corrected chi connectivity index (χ1v) is 6.60. The minimum absolute atomic E-state index is 0.0385.